The summed E-state index contributed by atoms with van der Waals surface area (Å²) in [6.07, 6.45) is -0.257. The summed E-state index contributed by atoms with van der Waals surface area (Å²) < 4.78 is 5.44. The molecule has 0 bridgehead atoms. The van der Waals surface area contributed by atoms with Crippen molar-refractivity contribution < 1.29 is 19.1 Å². The van der Waals surface area contributed by atoms with E-state index in [0.717, 1.165) is 11.1 Å². The van der Waals surface area contributed by atoms with Crippen LogP contribution in [-0.4, -0.2) is 33.4 Å². The topological polar surface area (TPSA) is 113 Å². The second-order valence-corrected chi connectivity index (χ2v) is 9.56. The van der Waals surface area contributed by atoms with Crippen molar-refractivity contribution in [3.05, 3.63) is 71.1 Å². The summed E-state index contributed by atoms with van der Waals surface area (Å²) in [4.78, 5) is 43.2. The lowest BCUT2D eigenvalue weighted by atomic mass is 10.1. The number of carbonyl (C=O) groups is 3. The number of Topliss-reactive ketones (excluding diaryl/α,β-unsaturated/α-hetero) is 1. The van der Waals surface area contributed by atoms with Gasteiger partial charge in [-0.15, -0.1) is 0 Å². The van der Waals surface area contributed by atoms with E-state index in [2.05, 4.69) is 20.6 Å². The normalized spacial score (nSPS) is 12.0. The molecule has 2 aromatic carbocycles. The van der Waals surface area contributed by atoms with Gasteiger partial charge in [-0.1, -0.05) is 54.1 Å². The summed E-state index contributed by atoms with van der Waals surface area (Å²) in [6, 6.07) is 16.1. The van der Waals surface area contributed by atoms with E-state index >= 15 is 0 Å². The lowest BCUT2D eigenvalue weighted by Gasteiger charge is -2.23. The molecule has 0 unspecified atom stereocenters. The molecule has 0 saturated carbocycles. The molecule has 0 spiro atoms. The molecule has 9 heteroatoms. The summed E-state index contributed by atoms with van der Waals surface area (Å²) in [5.74, 6) is -0.0964. The number of ketones is 1. The Hall–Kier alpha value is -3.65. The average molecular weight is 497 g/mol. The third kappa shape index (κ3) is 7.96. The van der Waals surface area contributed by atoms with Crippen molar-refractivity contribution in [1.29, 1.82) is 0 Å². The third-order valence-corrected chi connectivity index (χ3v) is 5.11. The number of imidazole rings is 1. The van der Waals surface area contributed by atoms with E-state index < -0.39 is 17.7 Å². The molecule has 2 amide bonds. The van der Waals surface area contributed by atoms with Crippen molar-refractivity contribution in [3.8, 4) is 11.3 Å². The summed E-state index contributed by atoms with van der Waals surface area (Å²) in [7, 11) is 0. The van der Waals surface area contributed by atoms with Gasteiger partial charge in [-0.25, -0.2) is 9.78 Å². The van der Waals surface area contributed by atoms with Gasteiger partial charge in [0.05, 0.1) is 12.5 Å². The number of alkyl carbamates (subject to hydrolysis) is 1. The number of H-pyrrole nitrogens is 1. The second kappa shape index (κ2) is 11.2. The maximum atomic E-state index is 12.5. The smallest absolute Gasteiger partial charge is 0.408 e. The Labute approximate surface area is 209 Å². The van der Waals surface area contributed by atoms with Gasteiger partial charge in [0.2, 0.25) is 5.91 Å². The fraction of sp³-hybridized carbons (Fsp3) is 0.308. The van der Waals surface area contributed by atoms with Crippen molar-refractivity contribution in [3.63, 3.8) is 0 Å². The summed E-state index contributed by atoms with van der Waals surface area (Å²) in [5.41, 5.74) is 2.15. The molecule has 3 aromatic rings. The number of hydrogen-bond acceptors (Lipinski definition) is 5. The van der Waals surface area contributed by atoms with E-state index in [1.54, 1.807) is 45.0 Å². The van der Waals surface area contributed by atoms with E-state index in [1.165, 1.54) is 6.92 Å². The fourth-order valence-electron chi connectivity index (χ4n) is 3.38. The Balaban J connectivity index is 1.82. The average Bonchev–Trinajstić information content (AvgIpc) is 3.14. The molecule has 3 N–H and O–H groups in total. The molecule has 184 valence electrons. The zero-order chi connectivity index (χ0) is 25.6. The highest BCUT2D eigenvalue weighted by molar-refractivity contribution is 6.31. The molecule has 0 fully saturated rings. The number of ether oxygens (including phenoxy) is 1. The highest BCUT2D eigenvalue weighted by Gasteiger charge is 2.24. The first-order valence-electron chi connectivity index (χ1n) is 11.2. The van der Waals surface area contributed by atoms with E-state index in [0.29, 0.717) is 28.8 Å². The number of carbonyl (C=O) groups excluding carboxylic acids is 3. The van der Waals surface area contributed by atoms with E-state index in [4.69, 9.17) is 16.3 Å². The van der Waals surface area contributed by atoms with Crippen LogP contribution in [0.15, 0.2) is 54.6 Å². The zero-order valence-electron chi connectivity index (χ0n) is 20.1. The van der Waals surface area contributed by atoms with Gasteiger partial charge in [0.1, 0.15) is 28.1 Å². The van der Waals surface area contributed by atoms with E-state index in [1.807, 2.05) is 30.3 Å². The van der Waals surface area contributed by atoms with Gasteiger partial charge in [-0.2, -0.15) is 0 Å². The van der Waals surface area contributed by atoms with Gasteiger partial charge in [-0.3, -0.25) is 9.59 Å². The van der Waals surface area contributed by atoms with Crippen molar-refractivity contribution in [1.82, 2.24) is 15.3 Å². The first-order chi connectivity index (χ1) is 16.5. The van der Waals surface area contributed by atoms with Gasteiger partial charge >= 0.3 is 6.09 Å². The summed E-state index contributed by atoms with van der Waals surface area (Å²) >= 11 is 6.48. The van der Waals surface area contributed by atoms with Crippen molar-refractivity contribution >= 4 is 35.1 Å². The minimum absolute atomic E-state index is 0.177. The number of nitrogens with zero attached hydrogens (tertiary/aromatic N) is 1. The molecule has 0 aliphatic rings. The first-order valence-corrected chi connectivity index (χ1v) is 11.6. The number of halogens is 1. The maximum Gasteiger partial charge on any atom is 0.408 e. The summed E-state index contributed by atoms with van der Waals surface area (Å²) in [5, 5.41) is 5.88. The highest BCUT2D eigenvalue weighted by Crippen LogP contribution is 2.29. The molecule has 1 heterocycles. The highest BCUT2D eigenvalue weighted by atomic mass is 35.5. The Bertz CT molecular complexity index is 1180. The molecule has 0 aliphatic carbocycles. The molecular weight excluding hydrogens is 468 g/mol. The van der Waals surface area contributed by atoms with Crippen LogP contribution in [0.4, 0.5) is 10.5 Å². The minimum Gasteiger partial charge on any atom is -0.444 e. The number of nitrogens with one attached hydrogen (secondary N) is 3. The van der Waals surface area contributed by atoms with Crippen LogP contribution in [0.25, 0.3) is 11.3 Å². The Morgan fingerprint density at radius 1 is 1.06 bits per heavy atom. The van der Waals surface area contributed by atoms with Gasteiger partial charge < -0.3 is 20.4 Å². The van der Waals surface area contributed by atoms with E-state index in [9.17, 15) is 14.4 Å². The van der Waals surface area contributed by atoms with Gasteiger partial charge in [0.15, 0.2) is 0 Å². The monoisotopic (exact) mass is 496 g/mol. The van der Waals surface area contributed by atoms with Crippen molar-refractivity contribution in [2.45, 2.75) is 52.2 Å². The number of benzene rings is 2. The molecule has 1 aromatic heterocycles. The van der Waals surface area contributed by atoms with Crippen LogP contribution >= 0.6 is 11.6 Å². The predicted molar refractivity (Wildman–Crippen MR) is 135 cm³/mol. The number of amides is 2. The molecular formula is C26H29ClN4O4. The molecule has 35 heavy (non-hydrogen) atoms. The standard InChI is InChI=1S/C26H29ClN4O4/c1-16(32)14-21(33)28-19-12-10-18(11-13-19)22-23(27)31-24(30-22)20(15-17-8-6-5-7-9-17)29-25(34)35-26(2,3)4/h5-13,20H,14-15H2,1-4H3,(H,28,33)(H,29,34)(H,30,31)/t20-/m0/s1. The van der Waals surface area contributed by atoms with Crippen LogP contribution in [0.5, 0.6) is 0 Å². The quantitative estimate of drug-likeness (QED) is 0.358. The van der Waals surface area contributed by atoms with Gasteiger partial charge in [0.25, 0.3) is 0 Å². The number of hydrogen-bond donors (Lipinski definition) is 3. The molecule has 0 radical (unpaired) electrons. The molecule has 8 nitrogen and oxygen atoms in total. The molecule has 1 atom stereocenters. The lowest BCUT2D eigenvalue weighted by Crippen LogP contribution is -2.36. The molecule has 0 aliphatic heterocycles. The van der Waals surface area contributed by atoms with Gasteiger partial charge in [0, 0.05) is 17.7 Å². The maximum absolute atomic E-state index is 12.5. The molecule has 0 saturated heterocycles. The van der Waals surface area contributed by atoms with Crippen LogP contribution in [0.2, 0.25) is 5.15 Å². The van der Waals surface area contributed by atoms with Crippen molar-refractivity contribution in [2.24, 2.45) is 0 Å². The Kier molecular flexibility index (Phi) is 8.30. The number of anilines is 1. The fourth-order valence-corrected chi connectivity index (χ4v) is 3.63. The summed E-state index contributed by atoms with van der Waals surface area (Å²) in [6.45, 7) is 6.76. The number of aromatic amines is 1. The second-order valence-electron chi connectivity index (χ2n) is 9.18. The SMILES string of the molecule is CC(=O)CC(=O)Nc1ccc(-c2nc([C@H](Cc3ccccc3)NC(=O)OC(C)(C)C)[nH]c2Cl)cc1. The van der Waals surface area contributed by atoms with Crippen LogP contribution in [0, 0.1) is 0 Å². The lowest BCUT2D eigenvalue weighted by molar-refractivity contribution is -0.124. The molecule has 3 rings (SSSR count). The predicted octanol–water partition coefficient (Wildman–Crippen LogP) is 5.46. The third-order valence-electron chi connectivity index (χ3n) is 4.83. The van der Waals surface area contributed by atoms with Crippen LogP contribution in [-0.2, 0) is 20.7 Å². The minimum atomic E-state index is -0.644. The number of rotatable bonds is 8. The van der Waals surface area contributed by atoms with Crippen LogP contribution in [0.3, 0.4) is 0 Å². The van der Waals surface area contributed by atoms with Crippen molar-refractivity contribution in [2.75, 3.05) is 5.32 Å². The van der Waals surface area contributed by atoms with Gasteiger partial charge in [-0.05, 0) is 45.4 Å². The Morgan fingerprint density at radius 2 is 1.71 bits per heavy atom. The first kappa shape index (κ1) is 26.0. The Morgan fingerprint density at radius 3 is 2.31 bits per heavy atom. The van der Waals surface area contributed by atoms with E-state index in [-0.39, 0.29) is 18.1 Å². The number of aromatic nitrogens is 2. The van der Waals surface area contributed by atoms with Crippen LogP contribution < -0.4 is 10.6 Å². The van der Waals surface area contributed by atoms with Crippen LogP contribution in [0.1, 0.15) is 51.5 Å². The zero-order valence-corrected chi connectivity index (χ0v) is 20.9. The largest absolute Gasteiger partial charge is 0.444 e.